The minimum atomic E-state index is 0. The van der Waals surface area contributed by atoms with Crippen LogP contribution in [0, 0.1) is 13.8 Å². The van der Waals surface area contributed by atoms with E-state index in [-0.39, 0.29) is 48.7 Å². The number of rotatable bonds is 14. The molecular weight excluding hydrogens is 756 g/mol. The van der Waals surface area contributed by atoms with Crippen LogP contribution in [0.5, 0.6) is 0 Å². The third kappa shape index (κ3) is 13.3. The van der Waals surface area contributed by atoms with Crippen molar-refractivity contribution in [2.24, 2.45) is 11.5 Å². The molecule has 12 heteroatoms. The van der Waals surface area contributed by atoms with E-state index < -0.39 is 0 Å². The molecule has 2 aliphatic heterocycles. The molecule has 2 saturated heterocycles. The molecule has 2 amide bonds. The molecule has 4 N–H and O–H groups in total. The van der Waals surface area contributed by atoms with Crippen LogP contribution in [0.25, 0.3) is 10.8 Å². The Morgan fingerprint density at radius 1 is 0.685 bits per heavy atom. The molecule has 0 unspecified atom stereocenters. The zero-order valence-electron chi connectivity index (χ0n) is 32.9. The predicted molar refractivity (Wildman–Crippen MR) is 240 cm³/mol. The Labute approximate surface area is 348 Å². The first-order chi connectivity index (χ1) is 25.1. The number of amides is 2. The number of halogens is 2. The molecule has 0 spiro atoms. The van der Waals surface area contributed by atoms with E-state index in [2.05, 4.69) is 74.0 Å². The Morgan fingerprint density at radius 2 is 1.15 bits per heavy atom. The minimum Gasteiger partial charge on any atom is -0.336 e. The standard InChI is InChI=1S/C22H31N3OS.C20H33N3OS.2ClH/c1-2-3-9-19-15-25(13-12-24(19)14-18(23)16-27)22(26)21-11-6-8-17-7-4-5-10-20(17)21;1-4-5-8-18-13-23(11-10-22(18)12-17(21)14-25)20(24)19-9-6-7-15(2)16(19)3;;/h4-8,10-11,18-19,27H,2-3,9,12-16,23H2,1H3;6-7,9,17-18,25H,4-5,8,10-14,21H2,1-3H3;2*1H/t18-,19+;17-,18+;;/m11../s1. The highest BCUT2D eigenvalue weighted by Gasteiger charge is 2.32. The molecule has 3 aromatic carbocycles. The normalized spacial score (nSPS) is 18.9. The van der Waals surface area contributed by atoms with Gasteiger partial charge >= 0.3 is 0 Å². The lowest BCUT2D eigenvalue weighted by Crippen LogP contribution is -2.57. The number of nitrogens with zero attached hydrogens (tertiary/aromatic N) is 4. The van der Waals surface area contributed by atoms with Crippen LogP contribution in [0.4, 0.5) is 0 Å². The smallest absolute Gasteiger partial charge is 0.254 e. The second-order valence-corrected chi connectivity index (χ2v) is 15.5. The van der Waals surface area contributed by atoms with Gasteiger partial charge in [-0.25, -0.2) is 0 Å². The molecule has 2 fully saturated rings. The third-order valence-corrected chi connectivity index (χ3v) is 11.8. The molecule has 54 heavy (non-hydrogen) atoms. The average Bonchev–Trinajstić information content (AvgIpc) is 3.17. The highest BCUT2D eigenvalue weighted by molar-refractivity contribution is 7.80. The summed E-state index contributed by atoms with van der Waals surface area (Å²) in [6.07, 6.45) is 6.92. The van der Waals surface area contributed by atoms with Crippen molar-refractivity contribution in [2.75, 3.05) is 63.9 Å². The third-order valence-electron chi connectivity index (χ3n) is 10.8. The van der Waals surface area contributed by atoms with E-state index in [1.807, 2.05) is 59.2 Å². The van der Waals surface area contributed by atoms with E-state index in [0.717, 1.165) is 92.7 Å². The van der Waals surface area contributed by atoms with Gasteiger partial charge in [0.25, 0.3) is 11.8 Å². The van der Waals surface area contributed by atoms with E-state index in [1.54, 1.807) is 0 Å². The first kappa shape index (κ1) is 48.1. The molecule has 5 rings (SSSR count). The zero-order chi connectivity index (χ0) is 37.6. The molecule has 8 nitrogen and oxygen atoms in total. The van der Waals surface area contributed by atoms with Gasteiger partial charge in [-0.1, -0.05) is 88.1 Å². The Bertz CT molecular complexity index is 1580. The molecule has 2 aliphatic rings. The Balaban J connectivity index is 0.000000361. The van der Waals surface area contributed by atoms with Crippen LogP contribution in [0.2, 0.25) is 0 Å². The summed E-state index contributed by atoms with van der Waals surface area (Å²) in [7, 11) is 0. The number of carbonyl (C=O) groups excluding carboxylic acids is 2. The molecule has 2 heterocycles. The molecule has 0 bridgehead atoms. The van der Waals surface area contributed by atoms with Crippen molar-refractivity contribution in [1.29, 1.82) is 0 Å². The van der Waals surface area contributed by atoms with Crippen LogP contribution in [-0.4, -0.2) is 119 Å². The van der Waals surface area contributed by atoms with Gasteiger partial charge in [0.2, 0.25) is 0 Å². The predicted octanol–water partition coefficient (Wildman–Crippen LogP) is 7.13. The first-order valence-corrected chi connectivity index (χ1v) is 20.7. The topological polar surface area (TPSA) is 99.1 Å². The van der Waals surface area contributed by atoms with Crippen LogP contribution >= 0.6 is 50.1 Å². The number of unbranched alkanes of at least 4 members (excludes halogenated alkanes) is 2. The van der Waals surface area contributed by atoms with Crippen LogP contribution in [-0.2, 0) is 0 Å². The van der Waals surface area contributed by atoms with Crippen molar-refractivity contribution in [1.82, 2.24) is 19.6 Å². The van der Waals surface area contributed by atoms with E-state index in [4.69, 9.17) is 11.5 Å². The number of carbonyl (C=O) groups is 2. The van der Waals surface area contributed by atoms with E-state index in [1.165, 1.54) is 31.2 Å². The van der Waals surface area contributed by atoms with Gasteiger partial charge < -0.3 is 21.3 Å². The van der Waals surface area contributed by atoms with Crippen LogP contribution in [0.3, 0.4) is 0 Å². The number of fused-ring (bicyclic) bond motifs is 1. The van der Waals surface area contributed by atoms with Crippen LogP contribution < -0.4 is 11.5 Å². The van der Waals surface area contributed by atoms with Gasteiger partial charge in [0, 0.05) is 99.2 Å². The van der Waals surface area contributed by atoms with Crippen LogP contribution in [0.15, 0.2) is 60.7 Å². The molecule has 0 aromatic heterocycles. The first-order valence-electron chi connectivity index (χ1n) is 19.4. The molecule has 4 atom stereocenters. The number of thiol groups is 2. The van der Waals surface area contributed by atoms with Crippen LogP contribution in [0.1, 0.15) is 84.2 Å². The Hall–Kier alpha value is -2.02. The fourth-order valence-electron chi connectivity index (χ4n) is 7.52. The van der Waals surface area contributed by atoms with Gasteiger partial charge in [-0.15, -0.1) is 24.8 Å². The largest absolute Gasteiger partial charge is 0.336 e. The van der Waals surface area contributed by atoms with Crippen molar-refractivity contribution >= 4 is 72.7 Å². The maximum atomic E-state index is 13.3. The monoisotopic (exact) mass is 820 g/mol. The van der Waals surface area contributed by atoms with Gasteiger partial charge in [0.05, 0.1) is 0 Å². The van der Waals surface area contributed by atoms with Gasteiger partial charge in [-0.3, -0.25) is 19.4 Å². The SMILES string of the molecule is CCCC[C@H]1CN(C(=O)c2cccc(C)c2C)CCN1C[C@@H](N)CS.CCCC[C@H]1CN(C(=O)c2cccc3ccccc23)CCN1C[C@@H](N)CS.Cl.Cl. The summed E-state index contributed by atoms with van der Waals surface area (Å²) >= 11 is 8.65. The molecule has 0 radical (unpaired) electrons. The fraction of sp³-hybridized carbons (Fsp3) is 0.571. The summed E-state index contributed by atoms with van der Waals surface area (Å²) < 4.78 is 0. The maximum absolute atomic E-state index is 13.3. The summed E-state index contributed by atoms with van der Waals surface area (Å²) in [4.78, 5) is 35.3. The van der Waals surface area contributed by atoms with E-state index >= 15 is 0 Å². The van der Waals surface area contributed by atoms with E-state index in [9.17, 15) is 9.59 Å². The van der Waals surface area contributed by atoms with Crippen molar-refractivity contribution in [3.05, 3.63) is 82.9 Å². The highest BCUT2D eigenvalue weighted by atomic mass is 35.5. The van der Waals surface area contributed by atoms with Crippen molar-refractivity contribution in [3.63, 3.8) is 0 Å². The lowest BCUT2D eigenvalue weighted by molar-refractivity contribution is 0.0444. The Kier molecular flexibility index (Phi) is 21.9. The second kappa shape index (κ2) is 24.6. The van der Waals surface area contributed by atoms with Crippen molar-refractivity contribution in [3.8, 4) is 0 Å². The second-order valence-electron chi connectivity index (χ2n) is 14.7. The van der Waals surface area contributed by atoms with Gasteiger partial charge in [-0.2, -0.15) is 25.3 Å². The van der Waals surface area contributed by atoms with Gasteiger partial charge in [0.1, 0.15) is 0 Å². The van der Waals surface area contributed by atoms with Crippen molar-refractivity contribution < 1.29 is 9.59 Å². The number of benzene rings is 3. The minimum absolute atomic E-state index is 0. The van der Waals surface area contributed by atoms with E-state index in [0.29, 0.717) is 23.6 Å². The number of hydrogen-bond donors (Lipinski definition) is 4. The molecule has 3 aromatic rings. The summed E-state index contributed by atoms with van der Waals surface area (Å²) in [6.45, 7) is 15.1. The number of aryl methyl sites for hydroxylation is 1. The number of nitrogens with two attached hydrogens (primary N) is 2. The average molecular weight is 822 g/mol. The highest BCUT2D eigenvalue weighted by Crippen LogP contribution is 2.24. The van der Waals surface area contributed by atoms with Crippen molar-refractivity contribution in [2.45, 2.75) is 90.4 Å². The van der Waals surface area contributed by atoms with Gasteiger partial charge in [-0.05, 0) is 60.7 Å². The van der Waals surface area contributed by atoms with Gasteiger partial charge in [0.15, 0.2) is 0 Å². The summed E-state index contributed by atoms with van der Waals surface area (Å²) in [5.41, 5.74) is 16.2. The summed E-state index contributed by atoms with van der Waals surface area (Å²) in [5, 5.41) is 2.15. The molecule has 302 valence electrons. The zero-order valence-corrected chi connectivity index (χ0v) is 36.3. The maximum Gasteiger partial charge on any atom is 0.254 e. The molecule has 0 aliphatic carbocycles. The quantitative estimate of drug-likeness (QED) is 0.129. The lowest BCUT2D eigenvalue weighted by Gasteiger charge is -2.42. The Morgan fingerprint density at radius 3 is 1.67 bits per heavy atom. The summed E-state index contributed by atoms with van der Waals surface area (Å²) in [5.74, 6) is 1.70. The number of piperazine rings is 2. The fourth-order valence-corrected chi connectivity index (χ4v) is 7.75. The molecule has 0 saturated carbocycles. The lowest BCUT2D eigenvalue weighted by atomic mass is 10.00. The molecular formula is C42H66Cl2N6O2S2. The summed E-state index contributed by atoms with van der Waals surface area (Å²) in [6, 6.07) is 21.1. The number of hydrogen-bond acceptors (Lipinski definition) is 8.